The van der Waals surface area contributed by atoms with Crippen molar-refractivity contribution in [2.45, 2.75) is 52.4 Å². The summed E-state index contributed by atoms with van der Waals surface area (Å²) < 4.78 is 0. The van der Waals surface area contributed by atoms with E-state index in [-0.39, 0.29) is 0 Å². The molecule has 0 heterocycles. The van der Waals surface area contributed by atoms with Gasteiger partial charge in [-0.3, -0.25) is 0 Å². The summed E-state index contributed by atoms with van der Waals surface area (Å²) in [6.45, 7) is 6.78. The first-order valence-electron chi connectivity index (χ1n) is 5.86. The van der Waals surface area contributed by atoms with Crippen molar-refractivity contribution in [3.63, 3.8) is 0 Å². The molecule has 0 heteroatoms. The Labute approximate surface area is 88.4 Å². The van der Waals surface area contributed by atoms with Crippen molar-refractivity contribution in [3.8, 4) is 0 Å². The minimum Gasteiger partial charge on any atom is -0.0654 e. The first kappa shape index (κ1) is 11.3. The first-order chi connectivity index (χ1) is 6.77. The van der Waals surface area contributed by atoms with E-state index in [2.05, 4.69) is 45.0 Å². The van der Waals surface area contributed by atoms with Gasteiger partial charge in [-0.15, -0.1) is 0 Å². The zero-order chi connectivity index (χ0) is 10.4. The van der Waals surface area contributed by atoms with Crippen LogP contribution in [-0.4, -0.2) is 0 Å². The second-order valence-corrected chi connectivity index (χ2v) is 4.15. The van der Waals surface area contributed by atoms with E-state index in [1.807, 2.05) is 0 Å². The summed E-state index contributed by atoms with van der Waals surface area (Å²) in [6.07, 6.45) is 5.06. The molecule has 0 aliphatic heterocycles. The van der Waals surface area contributed by atoms with Crippen LogP contribution in [0.25, 0.3) is 0 Å². The van der Waals surface area contributed by atoms with Gasteiger partial charge in [0.15, 0.2) is 0 Å². The summed E-state index contributed by atoms with van der Waals surface area (Å²) in [4.78, 5) is 0. The van der Waals surface area contributed by atoms with Gasteiger partial charge in [-0.05, 0) is 36.3 Å². The largest absolute Gasteiger partial charge is 0.0654 e. The van der Waals surface area contributed by atoms with Crippen molar-refractivity contribution in [2.75, 3.05) is 0 Å². The quantitative estimate of drug-likeness (QED) is 0.639. The molecule has 1 rings (SSSR count). The van der Waals surface area contributed by atoms with E-state index in [1.54, 1.807) is 0 Å². The second kappa shape index (κ2) is 5.85. The lowest BCUT2D eigenvalue weighted by atomic mass is 9.97. The van der Waals surface area contributed by atoms with Crippen LogP contribution < -0.4 is 0 Å². The summed E-state index contributed by atoms with van der Waals surface area (Å²) in [7, 11) is 0. The van der Waals surface area contributed by atoms with E-state index >= 15 is 0 Å². The van der Waals surface area contributed by atoms with Crippen molar-refractivity contribution < 1.29 is 0 Å². The lowest BCUT2D eigenvalue weighted by Crippen LogP contribution is -1.92. The highest BCUT2D eigenvalue weighted by molar-refractivity contribution is 5.25. The predicted octanol–water partition coefficient (Wildman–Crippen LogP) is 4.54. The van der Waals surface area contributed by atoms with Crippen molar-refractivity contribution in [2.24, 2.45) is 0 Å². The topological polar surface area (TPSA) is 0 Å². The van der Waals surface area contributed by atoms with Gasteiger partial charge >= 0.3 is 0 Å². The van der Waals surface area contributed by atoms with Crippen molar-refractivity contribution in [1.29, 1.82) is 0 Å². The molecule has 0 nitrogen and oxygen atoms in total. The molecule has 78 valence electrons. The Hall–Kier alpha value is -0.780. The Bertz CT molecular complexity index is 245. The Morgan fingerprint density at radius 1 is 1.07 bits per heavy atom. The van der Waals surface area contributed by atoms with Crippen LogP contribution >= 0.6 is 0 Å². The average Bonchev–Trinajstić information content (AvgIpc) is 2.26. The van der Waals surface area contributed by atoms with E-state index in [4.69, 9.17) is 0 Å². The van der Waals surface area contributed by atoms with Crippen molar-refractivity contribution in [3.05, 3.63) is 35.4 Å². The number of unbranched alkanes of at least 4 members (excludes halogenated alkanes) is 1. The van der Waals surface area contributed by atoms with Gasteiger partial charge in [-0.1, -0.05) is 51.5 Å². The van der Waals surface area contributed by atoms with E-state index in [0.717, 1.165) is 0 Å². The molecule has 0 saturated heterocycles. The first-order valence-corrected chi connectivity index (χ1v) is 5.86. The number of rotatable bonds is 5. The molecule has 0 radical (unpaired) electrons. The number of aryl methyl sites for hydroxylation is 1. The summed E-state index contributed by atoms with van der Waals surface area (Å²) in [5.41, 5.74) is 2.96. The average molecular weight is 190 g/mol. The smallest absolute Gasteiger partial charge is 0.0193 e. The van der Waals surface area contributed by atoms with E-state index in [0.29, 0.717) is 5.92 Å². The maximum atomic E-state index is 2.29. The number of hydrogen-bond acceptors (Lipinski definition) is 0. The third-order valence-electron chi connectivity index (χ3n) is 2.98. The molecule has 0 aliphatic carbocycles. The molecule has 1 aromatic carbocycles. The van der Waals surface area contributed by atoms with Crippen LogP contribution in [0, 0.1) is 0 Å². The molecule has 0 N–H and O–H groups in total. The van der Waals surface area contributed by atoms with Crippen LogP contribution in [-0.2, 0) is 6.42 Å². The van der Waals surface area contributed by atoms with Gasteiger partial charge in [0.2, 0.25) is 0 Å². The Balaban J connectivity index is 2.59. The Morgan fingerprint density at radius 2 is 1.71 bits per heavy atom. The molecule has 1 aromatic rings. The lowest BCUT2D eigenvalue weighted by Gasteiger charge is -2.09. The highest BCUT2D eigenvalue weighted by atomic mass is 14.1. The van der Waals surface area contributed by atoms with Crippen LogP contribution in [0.4, 0.5) is 0 Å². The molecular formula is C14H22. The molecule has 1 atom stereocenters. The fraction of sp³-hybridized carbons (Fsp3) is 0.571. The Morgan fingerprint density at radius 3 is 2.21 bits per heavy atom. The second-order valence-electron chi connectivity index (χ2n) is 4.15. The molecule has 14 heavy (non-hydrogen) atoms. The SMILES string of the molecule is CCCCc1ccc(C(C)CC)cc1. The lowest BCUT2D eigenvalue weighted by molar-refractivity contribution is 0.731. The van der Waals surface area contributed by atoms with E-state index < -0.39 is 0 Å². The van der Waals surface area contributed by atoms with Gasteiger partial charge in [0, 0.05) is 0 Å². The van der Waals surface area contributed by atoms with Crippen LogP contribution in [0.2, 0.25) is 0 Å². The maximum Gasteiger partial charge on any atom is -0.0193 e. The summed E-state index contributed by atoms with van der Waals surface area (Å²) in [5.74, 6) is 0.704. The molecule has 1 unspecified atom stereocenters. The maximum absolute atomic E-state index is 2.29. The minimum absolute atomic E-state index is 0.704. The molecule has 0 aromatic heterocycles. The zero-order valence-electron chi connectivity index (χ0n) is 9.72. The van der Waals surface area contributed by atoms with Crippen LogP contribution in [0.1, 0.15) is 57.1 Å². The van der Waals surface area contributed by atoms with Gasteiger partial charge < -0.3 is 0 Å². The normalized spacial score (nSPS) is 12.8. The zero-order valence-corrected chi connectivity index (χ0v) is 9.72. The fourth-order valence-electron chi connectivity index (χ4n) is 1.63. The molecular weight excluding hydrogens is 168 g/mol. The third-order valence-corrected chi connectivity index (χ3v) is 2.98. The monoisotopic (exact) mass is 190 g/mol. The van der Waals surface area contributed by atoms with Crippen LogP contribution in [0.5, 0.6) is 0 Å². The Kier molecular flexibility index (Phi) is 4.72. The van der Waals surface area contributed by atoms with Gasteiger partial charge in [-0.25, -0.2) is 0 Å². The van der Waals surface area contributed by atoms with Gasteiger partial charge in [0.25, 0.3) is 0 Å². The van der Waals surface area contributed by atoms with Gasteiger partial charge in [0.1, 0.15) is 0 Å². The minimum atomic E-state index is 0.704. The molecule has 0 saturated carbocycles. The van der Waals surface area contributed by atoms with Gasteiger partial charge in [0.05, 0.1) is 0 Å². The molecule has 0 amide bonds. The standard InChI is InChI=1S/C14H22/c1-4-6-7-13-8-10-14(11-9-13)12(3)5-2/h8-12H,4-7H2,1-3H3. The van der Waals surface area contributed by atoms with E-state index in [9.17, 15) is 0 Å². The molecule has 0 fully saturated rings. The van der Waals surface area contributed by atoms with Crippen molar-refractivity contribution >= 4 is 0 Å². The summed E-state index contributed by atoms with van der Waals surface area (Å²) >= 11 is 0. The highest BCUT2D eigenvalue weighted by Crippen LogP contribution is 2.19. The summed E-state index contributed by atoms with van der Waals surface area (Å²) in [6, 6.07) is 9.16. The van der Waals surface area contributed by atoms with Crippen molar-refractivity contribution in [1.82, 2.24) is 0 Å². The van der Waals surface area contributed by atoms with Gasteiger partial charge in [-0.2, -0.15) is 0 Å². The highest BCUT2D eigenvalue weighted by Gasteiger charge is 2.01. The molecule has 0 bridgehead atoms. The number of benzene rings is 1. The molecule has 0 aliphatic rings. The number of hydrogen-bond donors (Lipinski definition) is 0. The predicted molar refractivity (Wildman–Crippen MR) is 63.8 cm³/mol. The molecule has 0 spiro atoms. The fourth-order valence-corrected chi connectivity index (χ4v) is 1.63. The third kappa shape index (κ3) is 3.17. The van der Waals surface area contributed by atoms with Crippen LogP contribution in [0.3, 0.4) is 0 Å². The van der Waals surface area contributed by atoms with Crippen LogP contribution in [0.15, 0.2) is 24.3 Å². The summed E-state index contributed by atoms with van der Waals surface area (Å²) in [5, 5.41) is 0. The van der Waals surface area contributed by atoms with E-state index in [1.165, 1.54) is 36.8 Å².